The van der Waals surface area contributed by atoms with Crippen molar-refractivity contribution in [1.82, 2.24) is 9.88 Å². The van der Waals surface area contributed by atoms with Crippen molar-refractivity contribution >= 4 is 17.5 Å². The van der Waals surface area contributed by atoms with Crippen molar-refractivity contribution in [3.05, 3.63) is 30.1 Å². The number of amides is 1. The second-order valence-corrected chi connectivity index (χ2v) is 3.87. The van der Waals surface area contributed by atoms with Gasteiger partial charge in [0, 0.05) is 24.7 Å². The van der Waals surface area contributed by atoms with E-state index in [1.165, 1.54) is 0 Å². The normalized spacial score (nSPS) is 10.4. The molecule has 1 aromatic heterocycles. The average Bonchev–Trinajstić information content (AvgIpc) is 2.26. The van der Waals surface area contributed by atoms with Gasteiger partial charge in [0.1, 0.15) is 5.69 Å². The number of carbonyl (C=O) groups excluding carboxylic acids is 1. The number of nitrogens with zero attached hydrogens (tertiary/aromatic N) is 2. The molecule has 0 saturated carbocycles. The number of alkyl halides is 1. The second kappa shape index (κ2) is 5.71. The summed E-state index contributed by atoms with van der Waals surface area (Å²) in [5, 5.41) is 0. The summed E-state index contributed by atoms with van der Waals surface area (Å²) in [4.78, 5) is 17.7. The summed E-state index contributed by atoms with van der Waals surface area (Å²) in [6.45, 7) is 4.48. The predicted octanol–water partition coefficient (Wildman–Crippen LogP) is 2.17. The SMILES string of the molecule is CC(C)N(CCCl)C(=O)c1ccccn1. The first-order valence-corrected chi connectivity index (χ1v) is 5.48. The number of aromatic nitrogens is 1. The van der Waals surface area contributed by atoms with Crippen LogP contribution in [0.3, 0.4) is 0 Å². The zero-order valence-corrected chi connectivity index (χ0v) is 9.74. The topological polar surface area (TPSA) is 33.2 Å². The lowest BCUT2D eigenvalue weighted by atomic mass is 10.2. The standard InChI is InChI=1S/C11H15ClN2O/c1-9(2)14(8-6-12)11(15)10-5-3-4-7-13-10/h3-5,7,9H,6,8H2,1-2H3. The van der Waals surface area contributed by atoms with Crippen LogP contribution in [-0.4, -0.2) is 34.3 Å². The number of carbonyl (C=O) groups is 1. The minimum atomic E-state index is -0.0637. The van der Waals surface area contributed by atoms with Gasteiger partial charge in [0.05, 0.1) is 0 Å². The van der Waals surface area contributed by atoms with E-state index in [-0.39, 0.29) is 11.9 Å². The molecule has 0 fully saturated rings. The van der Waals surface area contributed by atoms with Gasteiger partial charge in [-0.3, -0.25) is 9.78 Å². The Hall–Kier alpha value is -1.09. The van der Waals surface area contributed by atoms with Gasteiger partial charge in [-0.2, -0.15) is 0 Å². The van der Waals surface area contributed by atoms with E-state index in [1.54, 1.807) is 29.3 Å². The van der Waals surface area contributed by atoms with Crippen molar-refractivity contribution in [3.8, 4) is 0 Å². The first kappa shape index (κ1) is 12.0. The van der Waals surface area contributed by atoms with E-state index in [9.17, 15) is 4.79 Å². The Bertz CT molecular complexity index is 314. The molecule has 0 aliphatic heterocycles. The number of rotatable bonds is 4. The molecule has 15 heavy (non-hydrogen) atoms. The van der Waals surface area contributed by atoms with E-state index in [1.807, 2.05) is 13.8 Å². The smallest absolute Gasteiger partial charge is 0.272 e. The Balaban J connectivity index is 2.81. The summed E-state index contributed by atoms with van der Waals surface area (Å²) < 4.78 is 0. The van der Waals surface area contributed by atoms with Crippen molar-refractivity contribution in [3.63, 3.8) is 0 Å². The molecular formula is C11H15ClN2O. The molecule has 0 atom stereocenters. The Morgan fingerprint density at radius 2 is 2.27 bits per heavy atom. The van der Waals surface area contributed by atoms with Crippen molar-refractivity contribution in [2.45, 2.75) is 19.9 Å². The average molecular weight is 227 g/mol. The van der Waals surface area contributed by atoms with Gasteiger partial charge in [0.2, 0.25) is 0 Å². The minimum absolute atomic E-state index is 0.0637. The molecule has 0 unspecified atom stereocenters. The van der Waals surface area contributed by atoms with Crippen LogP contribution in [0, 0.1) is 0 Å². The summed E-state index contributed by atoms with van der Waals surface area (Å²) in [7, 11) is 0. The van der Waals surface area contributed by atoms with Crippen LogP contribution in [0.5, 0.6) is 0 Å². The molecule has 4 heteroatoms. The molecule has 0 N–H and O–H groups in total. The van der Waals surface area contributed by atoms with E-state index in [0.717, 1.165) is 0 Å². The highest BCUT2D eigenvalue weighted by Gasteiger charge is 2.18. The van der Waals surface area contributed by atoms with Gasteiger partial charge in [-0.05, 0) is 26.0 Å². The maximum atomic E-state index is 12.0. The van der Waals surface area contributed by atoms with Gasteiger partial charge >= 0.3 is 0 Å². The van der Waals surface area contributed by atoms with Crippen LogP contribution >= 0.6 is 11.6 Å². The van der Waals surface area contributed by atoms with Crippen LogP contribution in [0.2, 0.25) is 0 Å². The van der Waals surface area contributed by atoms with Crippen LogP contribution in [-0.2, 0) is 0 Å². The predicted molar refractivity (Wildman–Crippen MR) is 61.1 cm³/mol. The molecule has 1 heterocycles. The zero-order valence-electron chi connectivity index (χ0n) is 8.98. The van der Waals surface area contributed by atoms with E-state index in [0.29, 0.717) is 18.1 Å². The first-order chi connectivity index (χ1) is 7.16. The molecule has 82 valence electrons. The van der Waals surface area contributed by atoms with Crippen molar-refractivity contribution in [2.24, 2.45) is 0 Å². The monoisotopic (exact) mass is 226 g/mol. The highest BCUT2D eigenvalue weighted by Crippen LogP contribution is 2.06. The van der Waals surface area contributed by atoms with Crippen molar-refractivity contribution < 1.29 is 4.79 Å². The maximum absolute atomic E-state index is 12.0. The van der Waals surface area contributed by atoms with Crippen LogP contribution in [0.25, 0.3) is 0 Å². The molecule has 1 aromatic rings. The van der Waals surface area contributed by atoms with Gasteiger partial charge in [0.15, 0.2) is 0 Å². The highest BCUT2D eigenvalue weighted by atomic mass is 35.5. The quantitative estimate of drug-likeness (QED) is 0.738. The Morgan fingerprint density at radius 1 is 1.53 bits per heavy atom. The molecule has 0 aliphatic rings. The number of pyridine rings is 1. The molecular weight excluding hydrogens is 212 g/mol. The van der Waals surface area contributed by atoms with E-state index in [4.69, 9.17) is 11.6 Å². The van der Waals surface area contributed by atoms with Crippen LogP contribution in [0.1, 0.15) is 24.3 Å². The molecule has 1 amide bonds. The molecule has 0 radical (unpaired) electrons. The van der Waals surface area contributed by atoms with E-state index >= 15 is 0 Å². The number of halogens is 1. The number of hydrogen-bond donors (Lipinski definition) is 0. The summed E-state index contributed by atoms with van der Waals surface area (Å²) in [5.74, 6) is 0.378. The summed E-state index contributed by atoms with van der Waals surface area (Å²) >= 11 is 5.66. The Kier molecular flexibility index (Phi) is 4.56. The lowest BCUT2D eigenvalue weighted by Crippen LogP contribution is -2.38. The fraction of sp³-hybridized carbons (Fsp3) is 0.455. The molecule has 0 aliphatic carbocycles. The fourth-order valence-corrected chi connectivity index (χ4v) is 1.50. The summed E-state index contributed by atoms with van der Waals surface area (Å²) in [5.41, 5.74) is 0.469. The fourth-order valence-electron chi connectivity index (χ4n) is 1.32. The van der Waals surface area contributed by atoms with Gasteiger partial charge in [0.25, 0.3) is 5.91 Å². The van der Waals surface area contributed by atoms with Crippen molar-refractivity contribution in [2.75, 3.05) is 12.4 Å². The molecule has 3 nitrogen and oxygen atoms in total. The third-order valence-corrected chi connectivity index (χ3v) is 2.26. The lowest BCUT2D eigenvalue weighted by Gasteiger charge is -2.25. The Morgan fingerprint density at radius 3 is 2.73 bits per heavy atom. The van der Waals surface area contributed by atoms with Crippen LogP contribution < -0.4 is 0 Å². The summed E-state index contributed by atoms with van der Waals surface area (Å²) in [6.07, 6.45) is 1.62. The van der Waals surface area contributed by atoms with Gasteiger partial charge < -0.3 is 4.90 Å². The molecule has 1 rings (SSSR count). The zero-order chi connectivity index (χ0) is 11.3. The van der Waals surface area contributed by atoms with E-state index in [2.05, 4.69) is 4.98 Å². The van der Waals surface area contributed by atoms with Crippen molar-refractivity contribution in [1.29, 1.82) is 0 Å². The van der Waals surface area contributed by atoms with E-state index < -0.39 is 0 Å². The lowest BCUT2D eigenvalue weighted by molar-refractivity contribution is 0.0712. The largest absolute Gasteiger partial charge is 0.334 e. The summed E-state index contributed by atoms with van der Waals surface area (Å²) in [6, 6.07) is 5.45. The Labute approximate surface area is 95.1 Å². The first-order valence-electron chi connectivity index (χ1n) is 4.94. The molecule has 0 saturated heterocycles. The van der Waals surface area contributed by atoms with Gasteiger partial charge in [-0.25, -0.2) is 0 Å². The molecule has 0 bridgehead atoms. The van der Waals surface area contributed by atoms with Crippen LogP contribution in [0.15, 0.2) is 24.4 Å². The van der Waals surface area contributed by atoms with Gasteiger partial charge in [-0.1, -0.05) is 6.07 Å². The van der Waals surface area contributed by atoms with Crippen LogP contribution in [0.4, 0.5) is 0 Å². The third kappa shape index (κ3) is 3.20. The van der Waals surface area contributed by atoms with Gasteiger partial charge in [-0.15, -0.1) is 11.6 Å². The molecule has 0 aromatic carbocycles. The number of hydrogen-bond acceptors (Lipinski definition) is 2. The highest BCUT2D eigenvalue weighted by molar-refractivity contribution is 6.18. The third-order valence-electron chi connectivity index (χ3n) is 2.09. The maximum Gasteiger partial charge on any atom is 0.272 e. The minimum Gasteiger partial charge on any atom is -0.334 e. The second-order valence-electron chi connectivity index (χ2n) is 3.50. The molecule has 0 spiro atoms.